The van der Waals surface area contributed by atoms with Crippen molar-refractivity contribution in [2.24, 2.45) is 17.6 Å². The minimum atomic E-state index is -1.53. The van der Waals surface area contributed by atoms with Crippen LogP contribution in [0.15, 0.2) is 12.1 Å². The van der Waals surface area contributed by atoms with E-state index in [4.69, 9.17) is 10.5 Å². The first-order chi connectivity index (χ1) is 16.7. The van der Waals surface area contributed by atoms with Gasteiger partial charge in [0.25, 0.3) is 0 Å². The molecule has 10 nitrogen and oxygen atoms in total. The number of carbonyl (C=O) groups excluding carboxylic acids is 1. The summed E-state index contributed by atoms with van der Waals surface area (Å²) in [6.45, 7) is 4.03. The summed E-state index contributed by atoms with van der Waals surface area (Å²) in [5, 5.41) is 42.8. The van der Waals surface area contributed by atoms with Crippen molar-refractivity contribution in [2.75, 3.05) is 26.2 Å². The fourth-order valence-corrected chi connectivity index (χ4v) is 5.73. The Labute approximate surface area is 205 Å². The number of rotatable bonds is 10. The first-order valence-corrected chi connectivity index (χ1v) is 12.5. The second kappa shape index (κ2) is 10.7. The molecular weight excluding hydrogens is 453 g/mol. The molecule has 3 fully saturated rings. The van der Waals surface area contributed by atoms with E-state index in [1.54, 1.807) is 11.0 Å². The van der Waals surface area contributed by atoms with Crippen molar-refractivity contribution in [3.63, 3.8) is 0 Å². The molecule has 35 heavy (non-hydrogen) atoms. The van der Waals surface area contributed by atoms with Crippen LogP contribution in [0.2, 0.25) is 5.82 Å². The van der Waals surface area contributed by atoms with Gasteiger partial charge in [-0.2, -0.15) is 0 Å². The van der Waals surface area contributed by atoms with Crippen LogP contribution in [-0.4, -0.2) is 82.5 Å². The highest BCUT2D eigenvalue weighted by atomic mass is 16.5. The Balaban J connectivity index is 1.29. The summed E-state index contributed by atoms with van der Waals surface area (Å²) in [5.74, 6) is -2.06. The molecule has 3 atom stereocenters. The van der Waals surface area contributed by atoms with Crippen LogP contribution in [0.1, 0.15) is 60.9 Å². The van der Waals surface area contributed by atoms with Gasteiger partial charge in [0.05, 0.1) is 13.1 Å². The number of carbonyl (C=O) groups is 2. The van der Waals surface area contributed by atoms with Crippen LogP contribution >= 0.6 is 0 Å². The highest BCUT2D eigenvalue weighted by molar-refractivity contribution is 6.45. The largest absolute Gasteiger partial charge is 0.507 e. The van der Waals surface area contributed by atoms with Crippen LogP contribution in [0.3, 0.4) is 0 Å². The number of hydrogen-bond acceptors (Lipinski definition) is 8. The lowest BCUT2D eigenvalue weighted by Gasteiger charge is -2.40. The molecule has 7 N–H and O–H groups in total. The van der Waals surface area contributed by atoms with E-state index in [-0.39, 0.29) is 35.2 Å². The number of nitrogens with one attached hydrogen (secondary N) is 1. The van der Waals surface area contributed by atoms with Gasteiger partial charge in [-0.15, -0.1) is 0 Å². The van der Waals surface area contributed by atoms with E-state index >= 15 is 0 Å². The Morgan fingerprint density at radius 1 is 1.20 bits per heavy atom. The quantitative estimate of drug-likeness (QED) is 0.260. The van der Waals surface area contributed by atoms with Gasteiger partial charge in [0.1, 0.15) is 23.2 Å². The van der Waals surface area contributed by atoms with E-state index in [0.29, 0.717) is 43.6 Å². The Bertz CT molecular complexity index is 932. The van der Waals surface area contributed by atoms with Gasteiger partial charge in [0.2, 0.25) is 5.91 Å². The topological polar surface area (TPSA) is 166 Å². The maximum Gasteiger partial charge on any atom is 0.455 e. The summed E-state index contributed by atoms with van der Waals surface area (Å²) < 4.78 is 5.85. The maximum absolute atomic E-state index is 12.7. The predicted octanol–water partition coefficient (Wildman–Crippen LogP) is 0.754. The molecule has 192 valence electrons. The molecule has 4 rings (SSSR count). The zero-order valence-electron chi connectivity index (χ0n) is 20.1. The zero-order valence-corrected chi connectivity index (χ0v) is 20.1. The van der Waals surface area contributed by atoms with Gasteiger partial charge in [-0.05, 0) is 55.1 Å². The molecule has 1 aliphatic heterocycles. The van der Waals surface area contributed by atoms with Gasteiger partial charge in [-0.1, -0.05) is 13.0 Å². The molecule has 1 amide bonds. The number of amides is 1. The summed E-state index contributed by atoms with van der Waals surface area (Å²) in [7, 11) is -1.53. The number of likely N-dealkylation sites (tertiary alicyclic amines) is 1. The van der Waals surface area contributed by atoms with Crippen LogP contribution in [0.5, 0.6) is 11.5 Å². The summed E-state index contributed by atoms with van der Waals surface area (Å²) in [5.41, 5.74) is 5.58. The number of carboxylic acids is 1. The number of aromatic carboxylic acids is 1. The number of aromatic hydroxyl groups is 1. The lowest BCUT2D eigenvalue weighted by Crippen LogP contribution is -2.56. The number of nitrogens with zero attached hydrogens (tertiary/aromatic N) is 1. The van der Waals surface area contributed by atoms with Crippen LogP contribution in [-0.2, 0) is 4.79 Å². The average molecular weight is 489 g/mol. The predicted molar refractivity (Wildman–Crippen MR) is 129 cm³/mol. The molecule has 0 radical (unpaired) electrons. The molecule has 11 heteroatoms. The number of benzene rings is 1. The third-order valence-corrected chi connectivity index (χ3v) is 7.92. The molecule has 1 aromatic carbocycles. The second-order valence-corrected chi connectivity index (χ2v) is 10.3. The van der Waals surface area contributed by atoms with Gasteiger partial charge in [0.15, 0.2) is 0 Å². The van der Waals surface area contributed by atoms with E-state index in [0.717, 1.165) is 32.2 Å². The molecule has 1 saturated heterocycles. The zero-order chi connectivity index (χ0) is 25.3. The molecule has 0 aromatic heterocycles. The van der Waals surface area contributed by atoms with E-state index < -0.39 is 24.7 Å². The summed E-state index contributed by atoms with van der Waals surface area (Å²) in [6.07, 6.45) is 4.32. The van der Waals surface area contributed by atoms with Gasteiger partial charge < -0.3 is 40.9 Å². The fraction of sp³-hybridized carbons (Fsp3) is 0.667. The highest BCUT2D eigenvalue weighted by Gasteiger charge is 2.55. The highest BCUT2D eigenvalue weighted by Crippen LogP contribution is 2.61. The lowest BCUT2D eigenvalue weighted by molar-refractivity contribution is -0.141. The first kappa shape index (κ1) is 25.7. The number of carboxylic acid groups (broad SMARTS) is 1. The number of hydrogen-bond donors (Lipinski definition) is 6. The van der Waals surface area contributed by atoms with Gasteiger partial charge in [-0.25, -0.2) is 4.79 Å². The maximum atomic E-state index is 12.7. The van der Waals surface area contributed by atoms with Crippen molar-refractivity contribution in [1.82, 2.24) is 10.2 Å². The summed E-state index contributed by atoms with van der Waals surface area (Å²) >= 11 is 0. The first-order valence-electron chi connectivity index (χ1n) is 12.5. The molecule has 3 unspecified atom stereocenters. The monoisotopic (exact) mass is 489 g/mol. The van der Waals surface area contributed by atoms with Crippen molar-refractivity contribution in [1.29, 1.82) is 0 Å². The Hall–Kier alpha value is -2.34. The molecular formula is C24H36BN3O7. The van der Waals surface area contributed by atoms with E-state index in [1.807, 2.05) is 6.92 Å². The van der Waals surface area contributed by atoms with Gasteiger partial charge in [0, 0.05) is 31.4 Å². The molecule has 3 aliphatic rings. The van der Waals surface area contributed by atoms with Crippen molar-refractivity contribution in [3.8, 4) is 11.5 Å². The molecule has 2 saturated carbocycles. The van der Waals surface area contributed by atoms with E-state index in [1.165, 1.54) is 6.07 Å². The molecule has 2 aliphatic carbocycles. The van der Waals surface area contributed by atoms with Crippen LogP contribution in [0.4, 0.5) is 0 Å². The second-order valence-electron chi connectivity index (χ2n) is 10.3. The van der Waals surface area contributed by atoms with Gasteiger partial charge >= 0.3 is 13.1 Å². The normalized spacial score (nSPS) is 28.3. The van der Waals surface area contributed by atoms with Crippen molar-refractivity contribution in [3.05, 3.63) is 23.3 Å². The Kier molecular flexibility index (Phi) is 7.90. The third-order valence-electron chi connectivity index (χ3n) is 7.92. The number of ether oxygens (including phenoxy) is 1. The van der Waals surface area contributed by atoms with Crippen LogP contribution in [0.25, 0.3) is 0 Å². The SMILES string of the molecule is CC1C(B(O)O)C1c1ccc(OC2CN(C(=O)CC3CCC(NCCN)CC3)C2)c(C(=O)O)c1O. The molecule has 0 bridgehead atoms. The summed E-state index contributed by atoms with van der Waals surface area (Å²) in [4.78, 5) is 26.3. The average Bonchev–Trinajstić information content (AvgIpc) is 3.45. The fourth-order valence-electron chi connectivity index (χ4n) is 5.73. The van der Waals surface area contributed by atoms with Crippen molar-refractivity contribution < 1.29 is 34.6 Å². The number of phenols is 1. The standard InChI is InChI=1S/C24H36BN3O7/c1-13-20(22(13)25(33)34)17-6-7-18(21(23(17)30)24(31)32)35-16-11-28(12-16)19(29)10-14-2-4-15(5-3-14)27-9-8-26/h6-7,13-16,20,22,27,30,33-34H,2-5,8-12,26H2,1H3,(H,31,32). The van der Waals surface area contributed by atoms with Gasteiger partial charge in [-0.3, -0.25) is 4.79 Å². The Morgan fingerprint density at radius 2 is 1.89 bits per heavy atom. The Morgan fingerprint density at radius 3 is 2.46 bits per heavy atom. The van der Waals surface area contributed by atoms with Crippen LogP contribution < -0.4 is 15.8 Å². The molecule has 0 spiro atoms. The third kappa shape index (κ3) is 5.58. The van der Waals surface area contributed by atoms with Crippen molar-refractivity contribution >= 4 is 19.0 Å². The minimum Gasteiger partial charge on any atom is -0.507 e. The smallest absolute Gasteiger partial charge is 0.455 e. The lowest BCUT2D eigenvalue weighted by atomic mass is 9.80. The molecule has 1 aromatic rings. The minimum absolute atomic E-state index is 0.0496. The number of nitrogens with two attached hydrogens (primary N) is 1. The van der Waals surface area contributed by atoms with Crippen LogP contribution in [0, 0.1) is 11.8 Å². The molecule has 1 heterocycles. The van der Waals surface area contributed by atoms with Crippen molar-refractivity contribution in [2.45, 2.75) is 62.9 Å². The van der Waals surface area contributed by atoms with E-state index in [2.05, 4.69) is 5.32 Å². The summed E-state index contributed by atoms with van der Waals surface area (Å²) in [6, 6.07) is 3.58. The van der Waals surface area contributed by atoms with E-state index in [9.17, 15) is 29.9 Å².